The molecule has 0 radical (unpaired) electrons. The molecule has 1 unspecified atom stereocenters. The van der Waals surface area contributed by atoms with Crippen LogP contribution < -0.4 is 4.74 Å². The minimum atomic E-state index is -0.599. The van der Waals surface area contributed by atoms with E-state index in [0.717, 1.165) is 38.9 Å². The summed E-state index contributed by atoms with van der Waals surface area (Å²) >= 11 is 0. The van der Waals surface area contributed by atoms with Crippen LogP contribution >= 0.6 is 0 Å². The van der Waals surface area contributed by atoms with Gasteiger partial charge in [0.1, 0.15) is 11.5 Å². The van der Waals surface area contributed by atoms with E-state index in [-0.39, 0.29) is 17.0 Å². The number of carbonyl (C=O) groups excluding carboxylic acids is 1. The van der Waals surface area contributed by atoms with E-state index in [9.17, 15) is 9.90 Å². The average Bonchev–Trinajstić information content (AvgIpc) is 2.85. The summed E-state index contributed by atoms with van der Waals surface area (Å²) in [7, 11) is 0. The first-order chi connectivity index (χ1) is 17.6. The van der Waals surface area contributed by atoms with Crippen LogP contribution in [0.2, 0.25) is 0 Å². The maximum absolute atomic E-state index is 12.0. The highest BCUT2D eigenvalue weighted by atomic mass is 16.5. The molecular weight excluding hydrogens is 478 g/mol. The summed E-state index contributed by atoms with van der Waals surface area (Å²) in [6.45, 7) is 13.6. The Kier molecular flexibility index (Phi) is 8.63. The molecule has 4 aromatic rings. The lowest BCUT2D eigenvalue weighted by molar-refractivity contribution is -0.124. The van der Waals surface area contributed by atoms with Gasteiger partial charge in [0.25, 0.3) is 0 Å². The summed E-state index contributed by atoms with van der Waals surface area (Å²) in [6.07, 6.45) is -0.212. The first-order valence-electron chi connectivity index (χ1n) is 12.5. The third-order valence-corrected chi connectivity index (χ3v) is 6.52. The first-order valence-corrected chi connectivity index (χ1v) is 12.5. The molecule has 0 amide bonds. The standard InChI is InChI=1S/C31H33N3O3.H2O/c1-8-26(35)22(7)37-28-16-27(36)25(15-21(28)6)31-33-29(23-11-9-17(2)13-19(23)4)32-30(34-31)24-12-10-18(3)14-20(24)5;/h9-16,22,36H,8H2,1-7H3;1H2. The van der Waals surface area contributed by atoms with E-state index in [1.54, 1.807) is 19.9 Å². The Labute approximate surface area is 223 Å². The SMILES string of the molecule is CCC(=O)C(C)Oc1cc(O)c(-c2nc(-c3ccc(C)cc3C)nc(-c3ccc(C)cc3C)n2)cc1C.O. The lowest BCUT2D eigenvalue weighted by Crippen LogP contribution is -2.23. The number of ketones is 1. The van der Waals surface area contributed by atoms with Crippen LogP contribution in [0.4, 0.5) is 0 Å². The summed E-state index contributed by atoms with van der Waals surface area (Å²) in [6, 6.07) is 15.6. The summed E-state index contributed by atoms with van der Waals surface area (Å²) in [4.78, 5) is 26.5. The van der Waals surface area contributed by atoms with Crippen LogP contribution in [0.3, 0.4) is 0 Å². The van der Waals surface area contributed by atoms with Crippen molar-refractivity contribution in [2.45, 2.75) is 61.0 Å². The number of ether oxygens (including phenoxy) is 1. The van der Waals surface area contributed by atoms with Crippen molar-refractivity contribution < 1.29 is 20.1 Å². The Bertz CT molecular complexity index is 1430. The zero-order chi connectivity index (χ0) is 26.9. The molecule has 0 fully saturated rings. The number of hydrogen-bond donors (Lipinski definition) is 1. The number of aryl methyl sites for hydroxylation is 5. The van der Waals surface area contributed by atoms with Gasteiger partial charge in [0.05, 0.1) is 5.56 Å². The Balaban J connectivity index is 0.00000400. The molecule has 0 aliphatic rings. The van der Waals surface area contributed by atoms with Gasteiger partial charge < -0.3 is 15.3 Å². The smallest absolute Gasteiger partial charge is 0.172 e. The Morgan fingerprint density at radius 2 is 1.24 bits per heavy atom. The number of phenols is 1. The van der Waals surface area contributed by atoms with E-state index >= 15 is 0 Å². The number of phenolic OH excluding ortho intramolecular Hbond substituents is 1. The normalized spacial score (nSPS) is 11.6. The Hall–Kier alpha value is -4.10. The van der Waals surface area contributed by atoms with Gasteiger partial charge in [-0.25, -0.2) is 15.0 Å². The van der Waals surface area contributed by atoms with Gasteiger partial charge in [-0.05, 0) is 64.3 Å². The van der Waals surface area contributed by atoms with Crippen molar-refractivity contribution in [2.75, 3.05) is 0 Å². The van der Waals surface area contributed by atoms with Crippen molar-refractivity contribution in [3.8, 4) is 45.7 Å². The largest absolute Gasteiger partial charge is 0.507 e. The van der Waals surface area contributed by atoms with Crippen LogP contribution in [0, 0.1) is 34.6 Å². The second kappa shape index (κ2) is 11.5. The van der Waals surface area contributed by atoms with Gasteiger partial charge in [0.15, 0.2) is 29.4 Å². The highest BCUT2D eigenvalue weighted by Gasteiger charge is 2.20. The van der Waals surface area contributed by atoms with Gasteiger partial charge in [-0.1, -0.05) is 54.4 Å². The van der Waals surface area contributed by atoms with E-state index in [2.05, 4.69) is 26.0 Å². The molecule has 38 heavy (non-hydrogen) atoms. The van der Waals surface area contributed by atoms with Crippen LogP contribution in [0.1, 0.15) is 48.1 Å². The molecule has 1 atom stereocenters. The molecule has 1 aromatic heterocycles. The maximum atomic E-state index is 12.0. The van der Waals surface area contributed by atoms with Crippen molar-refractivity contribution in [1.29, 1.82) is 0 Å². The van der Waals surface area contributed by atoms with Gasteiger partial charge in [0.2, 0.25) is 0 Å². The van der Waals surface area contributed by atoms with Crippen LogP contribution in [0.15, 0.2) is 48.5 Å². The molecule has 0 bridgehead atoms. The average molecular weight is 514 g/mol. The molecule has 0 aliphatic heterocycles. The fourth-order valence-electron chi connectivity index (χ4n) is 4.39. The minimum absolute atomic E-state index is 0. The molecule has 4 rings (SSSR count). The summed E-state index contributed by atoms with van der Waals surface area (Å²) in [5.41, 5.74) is 7.48. The van der Waals surface area contributed by atoms with Crippen molar-refractivity contribution in [3.63, 3.8) is 0 Å². The van der Waals surface area contributed by atoms with Crippen molar-refractivity contribution in [1.82, 2.24) is 15.0 Å². The maximum Gasteiger partial charge on any atom is 0.172 e. The molecule has 7 nitrogen and oxygen atoms in total. The fraction of sp³-hybridized carbons (Fsp3) is 0.290. The van der Waals surface area contributed by atoms with Crippen LogP contribution in [0.25, 0.3) is 34.2 Å². The van der Waals surface area contributed by atoms with Crippen molar-refractivity contribution in [2.24, 2.45) is 0 Å². The molecule has 198 valence electrons. The van der Waals surface area contributed by atoms with E-state index < -0.39 is 6.10 Å². The number of aromatic nitrogens is 3. The first kappa shape index (κ1) is 28.5. The molecule has 3 N–H and O–H groups in total. The van der Waals surface area contributed by atoms with Gasteiger partial charge >= 0.3 is 0 Å². The molecule has 0 aliphatic carbocycles. The van der Waals surface area contributed by atoms with Crippen LogP contribution in [-0.2, 0) is 4.79 Å². The quantitative estimate of drug-likeness (QED) is 0.322. The topological polar surface area (TPSA) is 117 Å². The third-order valence-electron chi connectivity index (χ3n) is 6.52. The predicted molar refractivity (Wildman–Crippen MR) is 150 cm³/mol. The summed E-state index contributed by atoms with van der Waals surface area (Å²) < 4.78 is 5.85. The third kappa shape index (κ3) is 5.89. The van der Waals surface area contributed by atoms with Crippen LogP contribution in [0.5, 0.6) is 11.5 Å². The molecule has 1 heterocycles. The number of rotatable bonds is 7. The van der Waals surface area contributed by atoms with Gasteiger partial charge in [-0.2, -0.15) is 0 Å². The molecule has 0 saturated heterocycles. The van der Waals surface area contributed by atoms with Crippen LogP contribution in [-0.4, -0.2) is 37.4 Å². The fourth-order valence-corrected chi connectivity index (χ4v) is 4.39. The lowest BCUT2D eigenvalue weighted by Gasteiger charge is -2.17. The van der Waals surface area contributed by atoms with Gasteiger partial charge in [-0.3, -0.25) is 4.79 Å². The molecular formula is C31H35N3O4. The van der Waals surface area contributed by atoms with E-state index in [1.807, 2.05) is 45.0 Å². The lowest BCUT2D eigenvalue weighted by atomic mass is 10.0. The monoisotopic (exact) mass is 513 g/mol. The zero-order valence-corrected chi connectivity index (χ0v) is 23.0. The molecule has 0 spiro atoms. The highest BCUT2D eigenvalue weighted by molar-refractivity contribution is 5.83. The van der Waals surface area contributed by atoms with E-state index in [0.29, 0.717) is 35.2 Å². The second-order valence-corrected chi connectivity index (χ2v) is 9.66. The predicted octanol–water partition coefficient (Wildman–Crippen LogP) is 6.04. The minimum Gasteiger partial charge on any atom is -0.507 e. The van der Waals surface area contributed by atoms with Crippen molar-refractivity contribution in [3.05, 3.63) is 76.3 Å². The molecule has 3 aromatic carbocycles. The number of aromatic hydroxyl groups is 1. The van der Waals surface area contributed by atoms with Crippen molar-refractivity contribution >= 4 is 5.78 Å². The molecule has 0 saturated carbocycles. The van der Waals surface area contributed by atoms with E-state index in [1.165, 1.54) is 6.07 Å². The van der Waals surface area contributed by atoms with Gasteiger partial charge in [-0.15, -0.1) is 0 Å². The number of Topliss-reactive ketones (excluding diaryl/α,β-unsaturated/α-hetero) is 1. The Morgan fingerprint density at radius 1 is 0.763 bits per heavy atom. The summed E-state index contributed by atoms with van der Waals surface area (Å²) in [5, 5.41) is 11.0. The number of benzene rings is 3. The molecule has 7 heteroatoms. The summed E-state index contributed by atoms with van der Waals surface area (Å²) in [5.74, 6) is 1.87. The number of hydrogen-bond acceptors (Lipinski definition) is 6. The van der Waals surface area contributed by atoms with E-state index in [4.69, 9.17) is 19.7 Å². The highest BCUT2D eigenvalue weighted by Crippen LogP contribution is 2.36. The second-order valence-electron chi connectivity index (χ2n) is 9.66. The Morgan fingerprint density at radius 3 is 1.68 bits per heavy atom. The number of carbonyl (C=O) groups is 1. The zero-order valence-electron chi connectivity index (χ0n) is 23.0. The number of nitrogens with zero attached hydrogens (tertiary/aromatic N) is 3. The van der Waals surface area contributed by atoms with Gasteiger partial charge in [0, 0.05) is 23.6 Å².